The van der Waals surface area contributed by atoms with E-state index in [9.17, 15) is 14.1 Å². The number of hydrogen-bond donors (Lipinski definition) is 3. The van der Waals surface area contributed by atoms with Gasteiger partial charge in [0, 0.05) is 42.1 Å². The molecule has 1 fully saturated rings. The summed E-state index contributed by atoms with van der Waals surface area (Å²) in [5.41, 5.74) is 3.45. The van der Waals surface area contributed by atoms with Crippen LogP contribution in [0.5, 0.6) is 0 Å². The summed E-state index contributed by atoms with van der Waals surface area (Å²) in [5.74, 6) is -0.205. The summed E-state index contributed by atoms with van der Waals surface area (Å²) in [6, 6.07) is 3.06. The van der Waals surface area contributed by atoms with Gasteiger partial charge in [0.15, 0.2) is 0 Å². The number of carbonyl (C=O) groups is 2. The zero-order chi connectivity index (χ0) is 22.7. The van der Waals surface area contributed by atoms with Gasteiger partial charge in [-0.15, -0.1) is 0 Å². The first kappa shape index (κ1) is 23.7. The van der Waals surface area contributed by atoms with E-state index >= 15 is 0 Å². The molecule has 0 aliphatic carbocycles. The van der Waals surface area contributed by atoms with Gasteiger partial charge in [0.1, 0.15) is 17.8 Å². The summed E-state index contributed by atoms with van der Waals surface area (Å²) >= 11 is 10.8. The standard InChI is InChI=1S/C19H23Cl2N5O4S/c1-10-15(20)16(21)17(22-10)19(28)23-12-4-6-26(7-5-12)13-8-11(18(27)25-30-2)9-14(24-13)31(3)29/h8-9,12,22H,4-7H2,1-3H3,(H,23,28)(H,25,27). The maximum Gasteiger partial charge on any atom is 0.275 e. The van der Waals surface area contributed by atoms with Crippen molar-refractivity contribution in [3.05, 3.63) is 39.1 Å². The second kappa shape index (κ2) is 10.1. The monoisotopic (exact) mass is 487 g/mol. The molecule has 0 spiro atoms. The minimum absolute atomic E-state index is 0.0538. The average molecular weight is 488 g/mol. The van der Waals surface area contributed by atoms with Crippen molar-refractivity contribution in [1.82, 2.24) is 20.8 Å². The van der Waals surface area contributed by atoms with Crippen molar-refractivity contribution >= 4 is 52.0 Å². The van der Waals surface area contributed by atoms with E-state index < -0.39 is 17.1 Å². The van der Waals surface area contributed by atoms with Crippen LogP contribution < -0.4 is 15.7 Å². The van der Waals surface area contributed by atoms with Crippen molar-refractivity contribution in [3.8, 4) is 0 Å². The zero-order valence-electron chi connectivity index (χ0n) is 17.3. The largest absolute Gasteiger partial charge is 0.610 e. The highest BCUT2D eigenvalue weighted by atomic mass is 35.5. The lowest BCUT2D eigenvalue weighted by atomic mass is 10.0. The van der Waals surface area contributed by atoms with E-state index in [0.717, 1.165) is 0 Å². The van der Waals surface area contributed by atoms with Crippen LogP contribution in [0, 0.1) is 6.92 Å². The third-order valence-corrected chi connectivity index (χ3v) is 6.72. The normalized spacial score (nSPS) is 15.6. The van der Waals surface area contributed by atoms with Crippen LogP contribution in [0.2, 0.25) is 10.0 Å². The van der Waals surface area contributed by atoms with Gasteiger partial charge >= 0.3 is 0 Å². The van der Waals surface area contributed by atoms with Crippen LogP contribution in [-0.2, 0) is 16.0 Å². The number of H-pyrrole nitrogens is 1. The van der Waals surface area contributed by atoms with Gasteiger partial charge in [-0.1, -0.05) is 23.2 Å². The Balaban J connectivity index is 1.68. The van der Waals surface area contributed by atoms with Gasteiger partial charge in [0.25, 0.3) is 11.8 Å². The van der Waals surface area contributed by atoms with E-state index in [1.807, 2.05) is 4.90 Å². The summed E-state index contributed by atoms with van der Waals surface area (Å²) in [7, 11) is 1.34. The van der Waals surface area contributed by atoms with Crippen molar-refractivity contribution in [2.24, 2.45) is 0 Å². The van der Waals surface area contributed by atoms with E-state index in [1.165, 1.54) is 19.4 Å². The molecule has 168 valence electrons. The highest BCUT2D eigenvalue weighted by Crippen LogP contribution is 2.29. The molecule has 1 atom stereocenters. The number of amides is 2. The molecule has 9 nitrogen and oxygen atoms in total. The van der Waals surface area contributed by atoms with Crippen LogP contribution in [0.4, 0.5) is 5.82 Å². The van der Waals surface area contributed by atoms with Crippen LogP contribution in [0.15, 0.2) is 17.2 Å². The van der Waals surface area contributed by atoms with E-state index in [0.29, 0.717) is 53.1 Å². The summed E-state index contributed by atoms with van der Waals surface area (Å²) in [6.07, 6.45) is 2.83. The van der Waals surface area contributed by atoms with Crippen LogP contribution in [0.1, 0.15) is 39.4 Å². The minimum atomic E-state index is -1.36. The average Bonchev–Trinajstić information content (AvgIpc) is 3.01. The highest BCUT2D eigenvalue weighted by molar-refractivity contribution is 7.90. The Morgan fingerprint density at radius 1 is 1.26 bits per heavy atom. The molecule has 2 aromatic rings. The SMILES string of the molecule is CONC(=O)c1cc(N2CCC(NC(=O)c3[nH]c(C)c(Cl)c3Cl)CC2)nc([S+](C)[O-])c1. The molecule has 2 aromatic heterocycles. The summed E-state index contributed by atoms with van der Waals surface area (Å²) in [6.45, 7) is 2.94. The molecule has 0 bridgehead atoms. The Hall–Kier alpha value is -1.98. The number of carbonyl (C=O) groups excluding carboxylic acids is 2. The Kier molecular flexibility index (Phi) is 7.71. The quantitative estimate of drug-likeness (QED) is 0.424. The predicted octanol–water partition coefficient (Wildman–Crippen LogP) is 2.45. The maximum atomic E-state index is 12.6. The first-order valence-electron chi connectivity index (χ1n) is 9.49. The lowest BCUT2D eigenvalue weighted by Gasteiger charge is -2.33. The van der Waals surface area contributed by atoms with Crippen LogP contribution in [-0.4, -0.2) is 58.8 Å². The molecule has 1 aliphatic rings. The number of aryl methyl sites for hydroxylation is 1. The fourth-order valence-corrected chi connectivity index (χ4v) is 4.25. The predicted molar refractivity (Wildman–Crippen MR) is 119 cm³/mol. The Morgan fingerprint density at radius 2 is 1.94 bits per heavy atom. The van der Waals surface area contributed by atoms with E-state index in [-0.39, 0.29) is 22.7 Å². The molecule has 2 amide bonds. The molecule has 1 unspecified atom stereocenters. The molecule has 12 heteroatoms. The van der Waals surface area contributed by atoms with Crippen LogP contribution in [0.25, 0.3) is 0 Å². The second-order valence-corrected chi connectivity index (χ2v) is 9.21. The lowest BCUT2D eigenvalue weighted by Crippen LogP contribution is -2.45. The van der Waals surface area contributed by atoms with Gasteiger partial charge in [-0.2, -0.15) is 4.98 Å². The molecule has 1 aliphatic heterocycles. The van der Waals surface area contributed by atoms with Crippen molar-refractivity contribution in [3.63, 3.8) is 0 Å². The van der Waals surface area contributed by atoms with Gasteiger partial charge in [-0.25, -0.2) is 5.48 Å². The number of anilines is 1. The Morgan fingerprint density at radius 3 is 2.48 bits per heavy atom. The maximum absolute atomic E-state index is 12.6. The molecule has 3 rings (SSSR count). The lowest BCUT2D eigenvalue weighted by molar-refractivity contribution is 0.0537. The number of hydroxylamine groups is 1. The first-order valence-corrected chi connectivity index (χ1v) is 11.8. The number of halogens is 2. The Labute approximate surface area is 193 Å². The number of nitrogens with one attached hydrogen (secondary N) is 3. The number of hydrogen-bond acceptors (Lipinski definition) is 6. The number of pyridine rings is 1. The van der Waals surface area contributed by atoms with E-state index in [4.69, 9.17) is 23.2 Å². The molecule has 3 N–H and O–H groups in total. The van der Waals surface area contributed by atoms with E-state index in [1.54, 1.807) is 13.0 Å². The third kappa shape index (κ3) is 5.45. The molecule has 3 heterocycles. The van der Waals surface area contributed by atoms with Gasteiger partial charge in [0.05, 0.1) is 22.7 Å². The van der Waals surface area contributed by atoms with Gasteiger partial charge in [-0.3, -0.25) is 14.4 Å². The minimum Gasteiger partial charge on any atom is -0.610 e. The first-order chi connectivity index (χ1) is 14.7. The van der Waals surface area contributed by atoms with Gasteiger partial charge < -0.3 is 19.8 Å². The molecule has 31 heavy (non-hydrogen) atoms. The van der Waals surface area contributed by atoms with Crippen molar-refractivity contribution in [2.45, 2.75) is 30.8 Å². The summed E-state index contributed by atoms with van der Waals surface area (Å²) in [4.78, 5) is 38.7. The molecule has 0 aromatic carbocycles. The van der Waals surface area contributed by atoms with Gasteiger partial charge in [0.2, 0.25) is 5.03 Å². The smallest absolute Gasteiger partial charge is 0.275 e. The number of aromatic amines is 1. The van der Waals surface area contributed by atoms with Crippen LogP contribution in [0.3, 0.4) is 0 Å². The summed E-state index contributed by atoms with van der Waals surface area (Å²) in [5, 5.41) is 3.84. The highest BCUT2D eigenvalue weighted by Gasteiger charge is 2.26. The van der Waals surface area contributed by atoms with Crippen molar-refractivity contribution in [2.75, 3.05) is 31.4 Å². The Bertz CT molecular complexity index is 976. The second-order valence-electron chi connectivity index (χ2n) is 7.13. The molecular formula is C19H23Cl2N5O4S. The molecule has 1 saturated heterocycles. The molecule has 0 saturated carbocycles. The number of aromatic nitrogens is 2. The summed E-state index contributed by atoms with van der Waals surface area (Å²) < 4.78 is 12.0. The third-order valence-electron chi connectivity index (χ3n) is 4.97. The number of rotatable bonds is 6. The number of piperidine rings is 1. The van der Waals surface area contributed by atoms with Gasteiger partial charge in [-0.05, 0) is 25.8 Å². The molecule has 0 radical (unpaired) electrons. The fourth-order valence-electron chi connectivity index (χ4n) is 3.32. The van der Waals surface area contributed by atoms with Crippen molar-refractivity contribution < 1.29 is 19.0 Å². The fraction of sp³-hybridized carbons (Fsp3) is 0.421. The van der Waals surface area contributed by atoms with Crippen LogP contribution >= 0.6 is 23.2 Å². The molecular weight excluding hydrogens is 465 g/mol. The van der Waals surface area contributed by atoms with Crippen molar-refractivity contribution in [1.29, 1.82) is 0 Å². The van der Waals surface area contributed by atoms with E-state index in [2.05, 4.69) is 25.6 Å². The topological polar surface area (TPSA) is 122 Å². The number of nitrogens with zero attached hydrogens (tertiary/aromatic N) is 2. The zero-order valence-corrected chi connectivity index (χ0v) is 19.6.